The van der Waals surface area contributed by atoms with Gasteiger partial charge >= 0.3 is 0 Å². The SMILES string of the molecule is CCC[N+](Cc1ccccc1)(Cc1ccccc1)Cc1ccccc1.Cc1ccc(S(=O)(=O)[O-])cc1. The fourth-order valence-electron chi connectivity index (χ4n) is 4.50. The lowest BCUT2D eigenvalue weighted by molar-refractivity contribution is -0.966. The number of rotatable bonds is 9. The number of benzene rings is 4. The van der Waals surface area contributed by atoms with Crippen LogP contribution in [0.2, 0.25) is 0 Å². The summed E-state index contributed by atoms with van der Waals surface area (Å²) in [5.41, 5.74) is 5.19. The molecule has 0 N–H and O–H groups in total. The smallest absolute Gasteiger partial charge is 0.124 e. The number of hydrogen-bond donors (Lipinski definition) is 0. The molecule has 0 amide bonds. The van der Waals surface area contributed by atoms with Crippen molar-refractivity contribution in [2.24, 2.45) is 0 Å². The summed E-state index contributed by atoms with van der Waals surface area (Å²) >= 11 is 0. The van der Waals surface area contributed by atoms with Crippen molar-refractivity contribution >= 4 is 10.1 Å². The third-order valence-corrected chi connectivity index (χ3v) is 6.94. The molecule has 5 heteroatoms. The van der Waals surface area contributed by atoms with Crippen LogP contribution in [0.5, 0.6) is 0 Å². The van der Waals surface area contributed by atoms with Crippen LogP contribution >= 0.6 is 0 Å². The molecule has 36 heavy (non-hydrogen) atoms. The van der Waals surface area contributed by atoms with Gasteiger partial charge in [0.05, 0.1) is 11.4 Å². The van der Waals surface area contributed by atoms with Gasteiger partial charge in [-0.3, -0.25) is 0 Å². The fourth-order valence-corrected chi connectivity index (χ4v) is 4.97. The van der Waals surface area contributed by atoms with Crippen molar-refractivity contribution in [3.63, 3.8) is 0 Å². The first-order chi connectivity index (χ1) is 17.3. The van der Waals surface area contributed by atoms with Crippen molar-refractivity contribution in [1.82, 2.24) is 0 Å². The second-order valence-electron chi connectivity index (χ2n) is 9.26. The summed E-state index contributed by atoms with van der Waals surface area (Å²) in [6, 6.07) is 38.6. The van der Waals surface area contributed by atoms with Crippen LogP contribution in [0.25, 0.3) is 0 Å². The van der Waals surface area contributed by atoms with Crippen LogP contribution in [0, 0.1) is 6.92 Å². The molecule has 0 fully saturated rings. The Morgan fingerprint density at radius 2 is 0.972 bits per heavy atom. The van der Waals surface area contributed by atoms with Crippen molar-refractivity contribution in [3.8, 4) is 0 Å². The largest absolute Gasteiger partial charge is 0.744 e. The maximum atomic E-state index is 10.4. The van der Waals surface area contributed by atoms with Gasteiger partial charge in [0, 0.05) is 16.7 Å². The second kappa shape index (κ2) is 13.2. The number of aryl methyl sites for hydroxylation is 1. The van der Waals surface area contributed by atoms with Gasteiger partial charge in [-0.1, -0.05) is 116 Å². The summed E-state index contributed by atoms with van der Waals surface area (Å²) in [5.74, 6) is 0. The maximum absolute atomic E-state index is 10.4. The molecule has 0 heterocycles. The lowest BCUT2D eigenvalue weighted by atomic mass is 10.1. The van der Waals surface area contributed by atoms with E-state index in [9.17, 15) is 13.0 Å². The van der Waals surface area contributed by atoms with Gasteiger partial charge in [-0.2, -0.15) is 0 Å². The molecule has 4 rings (SSSR count). The molecule has 188 valence electrons. The molecule has 0 spiro atoms. The van der Waals surface area contributed by atoms with Crippen molar-refractivity contribution in [1.29, 1.82) is 0 Å². The highest BCUT2D eigenvalue weighted by molar-refractivity contribution is 7.85. The van der Waals surface area contributed by atoms with E-state index in [4.69, 9.17) is 0 Å². The molecule has 4 nitrogen and oxygen atoms in total. The Morgan fingerprint density at radius 3 is 1.28 bits per heavy atom. The quantitative estimate of drug-likeness (QED) is 0.189. The summed E-state index contributed by atoms with van der Waals surface area (Å²) in [4.78, 5) is -0.178. The Bertz CT molecular complexity index is 1170. The molecule has 4 aromatic rings. The zero-order chi connectivity index (χ0) is 25.9. The van der Waals surface area contributed by atoms with Gasteiger partial charge in [-0.25, -0.2) is 8.42 Å². The van der Waals surface area contributed by atoms with Crippen LogP contribution in [0.4, 0.5) is 0 Å². The van der Waals surface area contributed by atoms with E-state index in [0.717, 1.165) is 29.7 Å². The molecule has 0 bridgehead atoms. The topological polar surface area (TPSA) is 57.2 Å². The molecular weight excluding hydrogens is 466 g/mol. The molecular formula is C31H35NO3S. The molecule has 0 radical (unpaired) electrons. The minimum Gasteiger partial charge on any atom is -0.744 e. The van der Waals surface area contributed by atoms with Crippen LogP contribution in [0.15, 0.2) is 120 Å². The summed E-state index contributed by atoms with van der Waals surface area (Å²) in [6.45, 7) is 8.50. The van der Waals surface area contributed by atoms with Crippen LogP contribution in [0.3, 0.4) is 0 Å². The normalized spacial score (nSPS) is 11.4. The van der Waals surface area contributed by atoms with E-state index in [1.54, 1.807) is 12.1 Å². The van der Waals surface area contributed by atoms with E-state index in [0.29, 0.717) is 0 Å². The third-order valence-electron chi connectivity index (χ3n) is 6.09. The van der Waals surface area contributed by atoms with E-state index >= 15 is 0 Å². The molecule has 0 atom stereocenters. The molecule has 0 aliphatic heterocycles. The number of hydrogen-bond acceptors (Lipinski definition) is 3. The van der Waals surface area contributed by atoms with Gasteiger partial charge in [-0.15, -0.1) is 0 Å². The first-order valence-corrected chi connectivity index (χ1v) is 13.7. The van der Waals surface area contributed by atoms with E-state index < -0.39 is 10.1 Å². The standard InChI is InChI=1S/C24H28N.C7H8O3S/c1-2-18-25(19-22-12-6-3-7-13-22,20-23-14-8-4-9-15-23)21-24-16-10-5-11-17-24;1-6-2-4-7(5-3-6)11(8,9)10/h3-17H,2,18-21H2,1H3;2-5H,1H3,(H,8,9,10)/q+1;/p-1. The van der Waals surface area contributed by atoms with Gasteiger partial charge < -0.3 is 9.04 Å². The van der Waals surface area contributed by atoms with Crippen molar-refractivity contribution in [2.75, 3.05) is 6.54 Å². The van der Waals surface area contributed by atoms with E-state index in [1.165, 1.54) is 41.8 Å². The van der Waals surface area contributed by atoms with E-state index in [2.05, 4.69) is 97.9 Å². The molecule has 4 aromatic carbocycles. The fraction of sp³-hybridized carbons (Fsp3) is 0.226. The second-order valence-corrected chi connectivity index (χ2v) is 10.6. The van der Waals surface area contributed by atoms with Gasteiger partial charge in [0.2, 0.25) is 0 Å². The van der Waals surface area contributed by atoms with Crippen LogP contribution in [0.1, 0.15) is 35.6 Å². The monoisotopic (exact) mass is 501 g/mol. The van der Waals surface area contributed by atoms with Gasteiger partial charge in [-0.05, 0) is 25.5 Å². The summed E-state index contributed by atoms with van der Waals surface area (Å²) in [5, 5.41) is 0. The van der Waals surface area contributed by atoms with Crippen molar-refractivity contribution in [3.05, 3.63) is 138 Å². The van der Waals surface area contributed by atoms with Gasteiger partial charge in [0.25, 0.3) is 0 Å². The zero-order valence-corrected chi connectivity index (χ0v) is 21.9. The van der Waals surface area contributed by atoms with Gasteiger partial charge in [0.1, 0.15) is 29.8 Å². The molecule has 0 aromatic heterocycles. The summed E-state index contributed by atoms with van der Waals surface area (Å²) in [7, 11) is -4.27. The highest BCUT2D eigenvalue weighted by Gasteiger charge is 2.28. The Kier molecular flexibility index (Phi) is 10.00. The van der Waals surface area contributed by atoms with Crippen molar-refractivity contribution < 1.29 is 17.5 Å². The van der Waals surface area contributed by atoms with E-state index in [1.807, 2.05) is 6.92 Å². The molecule has 0 unspecified atom stereocenters. The minimum absolute atomic E-state index is 0.178. The number of nitrogens with zero attached hydrogens (tertiary/aromatic N) is 1. The van der Waals surface area contributed by atoms with Crippen LogP contribution < -0.4 is 0 Å². The Labute approximate surface area is 216 Å². The molecule has 0 saturated heterocycles. The van der Waals surface area contributed by atoms with Crippen LogP contribution in [-0.4, -0.2) is 24.0 Å². The average molecular weight is 502 g/mol. The third kappa shape index (κ3) is 8.76. The van der Waals surface area contributed by atoms with E-state index in [-0.39, 0.29) is 4.90 Å². The highest BCUT2D eigenvalue weighted by Crippen LogP contribution is 2.24. The first-order valence-electron chi connectivity index (χ1n) is 12.3. The average Bonchev–Trinajstić information content (AvgIpc) is 2.86. The highest BCUT2D eigenvalue weighted by atomic mass is 32.2. The lowest BCUT2D eigenvalue weighted by Crippen LogP contribution is -2.46. The van der Waals surface area contributed by atoms with Gasteiger partial charge in [0.15, 0.2) is 0 Å². The minimum atomic E-state index is -4.27. The lowest BCUT2D eigenvalue weighted by Gasteiger charge is -2.39. The first kappa shape index (κ1) is 27.3. The Hall–Kier alpha value is -3.25. The summed E-state index contributed by atoms with van der Waals surface area (Å²) in [6.07, 6.45) is 1.19. The predicted octanol–water partition coefficient (Wildman–Crippen LogP) is 6.71. The maximum Gasteiger partial charge on any atom is 0.124 e. The Morgan fingerprint density at radius 1 is 0.611 bits per heavy atom. The molecule has 0 aliphatic rings. The van der Waals surface area contributed by atoms with Crippen molar-refractivity contribution in [2.45, 2.75) is 44.8 Å². The van der Waals surface area contributed by atoms with Crippen LogP contribution in [-0.2, 0) is 29.8 Å². The molecule has 0 aliphatic carbocycles. The predicted molar refractivity (Wildman–Crippen MR) is 145 cm³/mol. The Balaban J connectivity index is 0.000000275. The zero-order valence-electron chi connectivity index (χ0n) is 21.1. The molecule has 0 saturated carbocycles. The summed E-state index contributed by atoms with van der Waals surface area (Å²) < 4.78 is 32.2. The number of quaternary nitrogens is 1.